The summed E-state index contributed by atoms with van der Waals surface area (Å²) in [5.41, 5.74) is 4.44. The summed E-state index contributed by atoms with van der Waals surface area (Å²) in [7, 11) is 0. The molecule has 0 saturated heterocycles. The van der Waals surface area contributed by atoms with E-state index >= 15 is 0 Å². The highest BCUT2D eigenvalue weighted by atomic mass is 16.5. The minimum absolute atomic E-state index is 0.157. The average molecular weight is 469 g/mol. The molecule has 35 heavy (non-hydrogen) atoms. The fourth-order valence-electron chi connectivity index (χ4n) is 4.07. The lowest BCUT2D eigenvalue weighted by Gasteiger charge is -2.24. The Kier molecular flexibility index (Phi) is 7.20. The first-order chi connectivity index (χ1) is 16.9. The number of aliphatic imine (C=N–C) groups is 1. The fraction of sp³-hybridized carbons (Fsp3) is 0.241. The zero-order valence-electron chi connectivity index (χ0n) is 20.1. The minimum atomic E-state index is -1.05. The van der Waals surface area contributed by atoms with E-state index in [-0.39, 0.29) is 13.0 Å². The van der Waals surface area contributed by atoms with Gasteiger partial charge >= 0.3 is 5.97 Å². The molecule has 4 rings (SSSR count). The van der Waals surface area contributed by atoms with E-state index in [0.717, 1.165) is 21.7 Å². The van der Waals surface area contributed by atoms with Crippen molar-refractivity contribution in [2.24, 2.45) is 4.99 Å². The molecule has 1 heterocycles. The van der Waals surface area contributed by atoms with Crippen LogP contribution in [0.3, 0.4) is 0 Å². The number of nitrogens with zero attached hydrogens (tertiary/aromatic N) is 2. The fourth-order valence-corrected chi connectivity index (χ4v) is 4.07. The van der Waals surface area contributed by atoms with Crippen LogP contribution in [0.5, 0.6) is 0 Å². The topological polar surface area (TPSA) is 76.0 Å². The van der Waals surface area contributed by atoms with E-state index in [1.165, 1.54) is 5.56 Å². The summed E-state index contributed by atoms with van der Waals surface area (Å²) >= 11 is 0. The zero-order chi connectivity index (χ0) is 24.9. The maximum Gasteiger partial charge on any atom is 0.329 e. The van der Waals surface area contributed by atoms with Gasteiger partial charge in [-0.1, -0.05) is 62.4 Å². The largest absolute Gasteiger partial charge is 0.464 e. The quantitative estimate of drug-likeness (QED) is 0.254. The molecule has 1 aliphatic rings. The zero-order valence-corrected chi connectivity index (χ0v) is 20.1. The summed E-state index contributed by atoms with van der Waals surface area (Å²) in [6, 6.07) is 21.2. The van der Waals surface area contributed by atoms with Crippen molar-refractivity contribution in [2.45, 2.75) is 39.2 Å². The number of benzene rings is 3. The number of amides is 2. The highest BCUT2D eigenvalue weighted by Crippen LogP contribution is 2.27. The SMILES string of the molecule is CCOC(=O)C(Cc1ccc(N=Cc2ccc(C(C)C)cc2)cc1)N1C(=O)c2ccccc2C1=O. The lowest BCUT2D eigenvalue weighted by Crippen LogP contribution is -2.47. The number of hydrogen-bond acceptors (Lipinski definition) is 5. The third kappa shape index (κ3) is 5.22. The first-order valence-corrected chi connectivity index (χ1v) is 11.8. The Balaban J connectivity index is 1.51. The molecule has 1 unspecified atom stereocenters. The summed E-state index contributed by atoms with van der Waals surface area (Å²) in [5, 5.41) is 0. The molecular weight excluding hydrogens is 440 g/mol. The van der Waals surface area contributed by atoms with Crippen molar-refractivity contribution >= 4 is 29.7 Å². The summed E-state index contributed by atoms with van der Waals surface area (Å²) < 4.78 is 5.21. The van der Waals surface area contributed by atoms with Crippen LogP contribution < -0.4 is 0 Å². The van der Waals surface area contributed by atoms with E-state index in [1.54, 1.807) is 37.4 Å². The van der Waals surface area contributed by atoms with Gasteiger partial charge in [0.25, 0.3) is 11.8 Å². The molecule has 0 fully saturated rings. The van der Waals surface area contributed by atoms with Crippen molar-refractivity contribution in [3.8, 4) is 0 Å². The third-order valence-corrected chi connectivity index (χ3v) is 6.03. The molecule has 0 aliphatic carbocycles. The molecule has 0 aromatic heterocycles. The van der Waals surface area contributed by atoms with Gasteiger partial charge in [0.05, 0.1) is 23.4 Å². The monoisotopic (exact) mass is 468 g/mol. The molecule has 6 nitrogen and oxygen atoms in total. The van der Waals surface area contributed by atoms with Gasteiger partial charge in [0.1, 0.15) is 6.04 Å². The number of ether oxygens (including phenoxy) is 1. The van der Waals surface area contributed by atoms with Gasteiger partial charge < -0.3 is 4.74 Å². The normalized spacial score (nSPS) is 14.0. The third-order valence-electron chi connectivity index (χ3n) is 6.03. The second kappa shape index (κ2) is 10.5. The van der Waals surface area contributed by atoms with Gasteiger partial charge in [0, 0.05) is 12.6 Å². The Morgan fingerprint density at radius 1 is 0.914 bits per heavy atom. The maximum absolute atomic E-state index is 13.0. The molecule has 1 aliphatic heterocycles. The van der Waals surface area contributed by atoms with Crippen LogP contribution in [0.4, 0.5) is 5.69 Å². The average Bonchev–Trinajstić information content (AvgIpc) is 3.12. The van der Waals surface area contributed by atoms with E-state index in [1.807, 2.05) is 36.4 Å². The summed E-state index contributed by atoms with van der Waals surface area (Å²) in [6.45, 7) is 6.17. The Morgan fingerprint density at radius 2 is 1.51 bits per heavy atom. The number of hydrogen-bond donors (Lipinski definition) is 0. The van der Waals surface area contributed by atoms with Crippen LogP contribution in [0.25, 0.3) is 0 Å². The number of imide groups is 1. The van der Waals surface area contributed by atoms with Gasteiger partial charge in [0.2, 0.25) is 0 Å². The van der Waals surface area contributed by atoms with Crippen molar-refractivity contribution in [3.05, 3.63) is 101 Å². The first-order valence-electron chi connectivity index (χ1n) is 11.8. The molecule has 178 valence electrons. The summed E-state index contributed by atoms with van der Waals surface area (Å²) in [6.07, 6.45) is 1.96. The molecule has 6 heteroatoms. The van der Waals surface area contributed by atoms with Crippen LogP contribution in [-0.4, -0.2) is 41.5 Å². The van der Waals surface area contributed by atoms with Crippen molar-refractivity contribution in [2.75, 3.05) is 6.61 Å². The van der Waals surface area contributed by atoms with Crippen LogP contribution in [0, 0.1) is 0 Å². The van der Waals surface area contributed by atoms with Crippen molar-refractivity contribution in [3.63, 3.8) is 0 Å². The van der Waals surface area contributed by atoms with Gasteiger partial charge in [-0.2, -0.15) is 0 Å². The van der Waals surface area contributed by atoms with Crippen LogP contribution in [0.15, 0.2) is 77.8 Å². The highest BCUT2D eigenvalue weighted by Gasteiger charge is 2.43. The van der Waals surface area contributed by atoms with E-state index in [2.05, 4.69) is 31.0 Å². The van der Waals surface area contributed by atoms with Gasteiger partial charge in [-0.15, -0.1) is 0 Å². The van der Waals surface area contributed by atoms with E-state index in [4.69, 9.17) is 4.74 Å². The number of rotatable bonds is 8. The van der Waals surface area contributed by atoms with E-state index in [0.29, 0.717) is 17.0 Å². The second-order valence-corrected chi connectivity index (χ2v) is 8.74. The van der Waals surface area contributed by atoms with Crippen molar-refractivity contribution < 1.29 is 19.1 Å². The predicted molar refractivity (Wildman–Crippen MR) is 135 cm³/mol. The standard InChI is InChI=1S/C29H28N2O4/c1-4-35-29(34)26(31-27(32)24-7-5-6-8-25(24)28(31)33)17-20-11-15-23(16-12-20)30-18-21-9-13-22(14-10-21)19(2)3/h5-16,18-19,26H,4,17H2,1-3H3. The van der Waals surface area contributed by atoms with Crippen LogP contribution in [-0.2, 0) is 16.0 Å². The van der Waals surface area contributed by atoms with E-state index < -0.39 is 23.8 Å². The first kappa shape index (κ1) is 24.1. The molecular formula is C29H28N2O4. The molecule has 3 aromatic carbocycles. The lowest BCUT2D eigenvalue weighted by molar-refractivity contribution is -0.147. The Labute approximate surface area is 205 Å². The molecule has 0 N–H and O–H groups in total. The van der Waals surface area contributed by atoms with Crippen LogP contribution >= 0.6 is 0 Å². The molecule has 0 spiro atoms. The molecule has 0 radical (unpaired) electrons. The van der Waals surface area contributed by atoms with Crippen molar-refractivity contribution in [1.82, 2.24) is 4.90 Å². The molecule has 3 aromatic rings. The molecule has 0 saturated carbocycles. The Morgan fingerprint density at radius 3 is 2.06 bits per heavy atom. The smallest absolute Gasteiger partial charge is 0.329 e. The molecule has 2 amide bonds. The van der Waals surface area contributed by atoms with Gasteiger partial charge in [-0.25, -0.2) is 4.79 Å². The molecule has 1 atom stereocenters. The molecule has 0 bridgehead atoms. The Bertz CT molecular complexity index is 1230. The number of fused-ring (bicyclic) bond motifs is 1. The van der Waals surface area contributed by atoms with Gasteiger partial charge in [0.15, 0.2) is 0 Å². The van der Waals surface area contributed by atoms with E-state index in [9.17, 15) is 14.4 Å². The Hall–Kier alpha value is -4.06. The van der Waals surface area contributed by atoms with Crippen LogP contribution in [0.1, 0.15) is 64.1 Å². The lowest BCUT2D eigenvalue weighted by atomic mass is 10.0. The van der Waals surface area contributed by atoms with Gasteiger partial charge in [-0.3, -0.25) is 19.5 Å². The number of carbonyl (C=O) groups is 3. The number of carbonyl (C=O) groups excluding carboxylic acids is 3. The van der Waals surface area contributed by atoms with Gasteiger partial charge in [-0.05, 0) is 53.8 Å². The summed E-state index contributed by atoms with van der Waals surface area (Å²) in [5.74, 6) is -1.08. The number of esters is 1. The minimum Gasteiger partial charge on any atom is -0.464 e. The van der Waals surface area contributed by atoms with Crippen molar-refractivity contribution in [1.29, 1.82) is 0 Å². The second-order valence-electron chi connectivity index (χ2n) is 8.74. The summed E-state index contributed by atoms with van der Waals surface area (Å²) in [4.78, 5) is 44.2. The predicted octanol–water partition coefficient (Wildman–Crippen LogP) is 5.33. The highest BCUT2D eigenvalue weighted by molar-refractivity contribution is 6.22. The van der Waals surface area contributed by atoms with Crippen LogP contribution in [0.2, 0.25) is 0 Å². The maximum atomic E-state index is 13.0.